The van der Waals surface area contributed by atoms with Crippen LogP contribution in [0.25, 0.3) is 0 Å². The molecule has 8 nitrogen and oxygen atoms in total. The van der Waals surface area contributed by atoms with Crippen molar-refractivity contribution in [3.8, 4) is 0 Å². The van der Waals surface area contributed by atoms with Crippen molar-refractivity contribution in [1.82, 2.24) is 10.6 Å². The lowest BCUT2D eigenvalue weighted by atomic mass is 9.65. The zero-order valence-electron chi connectivity index (χ0n) is 22.4. The lowest BCUT2D eigenvalue weighted by molar-refractivity contribution is -0.132. The summed E-state index contributed by atoms with van der Waals surface area (Å²) in [4.78, 5) is 36.4. The number of nitrogens with one attached hydrogen (secondary N) is 2. The smallest absolute Gasteiger partial charge is 0.224 e. The van der Waals surface area contributed by atoms with Gasteiger partial charge in [-0.15, -0.1) is 0 Å². The Bertz CT molecular complexity index is 626. The Balaban J connectivity index is 5.19. The van der Waals surface area contributed by atoms with Crippen molar-refractivity contribution < 1.29 is 19.1 Å². The molecule has 0 rings (SSSR count). The van der Waals surface area contributed by atoms with Gasteiger partial charge >= 0.3 is 0 Å². The number of aldehydes is 1. The Morgan fingerprint density at radius 3 is 2.12 bits per heavy atom. The maximum absolute atomic E-state index is 13.0. The van der Waals surface area contributed by atoms with Crippen molar-refractivity contribution in [3.05, 3.63) is 0 Å². The Kier molecular flexibility index (Phi) is 12.8. The van der Waals surface area contributed by atoms with E-state index in [0.29, 0.717) is 32.2 Å². The predicted molar refractivity (Wildman–Crippen MR) is 134 cm³/mol. The Morgan fingerprint density at radius 1 is 1.06 bits per heavy atom. The van der Waals surface area contributed by atoms with E-state index in [-0.39, 0.29) is 54.3 Å². The normalized spacial score (nSPS) is 16.5. The molecule has 0 aliphatic rings. The van der Waals surface area contributed by atoms with Crippen LogP contribution in [0.3, 0.4) is 0 Å². The highest BCUT2D eigenvalue weighted by molar-refractivity contribution is 5.81. The molecule has 0 spiro atoms. The maximum atomic E-state index is 13.0. The van der Waals surface area contributed by atoms with Gasteiger partial charge in [0.2, 0.25) is 11.8 Å². The van der Waals surface area contributed by atoms with Crippen LogP contribution in [0.2, 0.25) is 0 Å². The molecule has 4 atom stereocenters. The van der Waals surface area contributed by atoms with E-state index in [0.717, 1.165) is 0 Å². The second-order valence-electron chi connectivity index (χ2n) is 11.8. The molecule has 0 aromatic heterocycles. The topological polar surface area (TPSA) is 137 Å². The van der Waals surface area contributed by atoms with E-state index in [1.54, 1.807) is 0 Å². The summed E-state index contributed by atoms with van der Waals surface area (Å²) in [5, 5.41) is 5.83. The molecular weight excluding hydrogens is 420 g/mol. The van der Waals surface area contributed by atoms with Gasteiger partial charge in [-0.05, 0) is 72.1 Å². The lowest BCUT2D eigenvalue weighted by Crippen LogP contribution is -2.51. The minimum atomic E-state index is -0.545. The number of amides is 2. The molecule has 2 amide bonds. The first-order chi connectivity index (χ1) is 14.9. The highest BCUT2D eigenvalue weighted by Crippen LogP contribution is 2.41. The van der Waals surface area contributed by atoms with Gasteiger partial charge in [0, 0.05) is 29.6 Å². The molecule has 0 aromatic carbocycles. The van der Waals surface area contributed by atoms with Gasteiger partial charge in [0.15, 0.2) is 0 Å². The van der Waals surface area contributed by atoms with Crippen LogP contribution in [0.1, 0.15) is 88.0 Å². The van der Waals surface area contributed by atoms with Crippen LogP contribution in [0.4, 0.5) is 0 Å². The summed E-state index contributed by atoms with van der Waals surface area (Å²) in [6, 6.07) is -0.0452. The molecule has 194 valence electrons. The molecule has 4 unspecified atom stereocenters. The zero-order chi connectivity index (χ0) is 26.0. The van der Waals surface area contributed by atoms with E-state index in [9.17, 15) is 14.4 Å². The molecule has 0 aliphatic heterocycles. The molecule has 0 fully saturated rings. The van der Waals surface area contributed by atoms with Gasteiger partial charge in [-0.3, -0.25) is 9.59 Å². The monoisotopic (exact) mass is 470 g/mol. The van der Waals surface area contributed by atoms with Crippen molar-refractivity contribution >= 4 is 18.1 Å². The van der Waals surface area contributed by atoms with Crippen molar-refractivity contribution in [1.29, 1.82) is 0 Å². The first-order valence-electron chi connectivity index (χ1n) is 12.1. The van der Waals surface area contributed by atoms with E-state index in [4.69, 9.17) is 16.2 Å². The highest BCUT2D eigenvalue weighted by atomic mass is 16.5. The molecule has 0 bridgehead atoms. The van der Waals surface area contributed by atoms with Gasteiger partial charge in [-0.25, -0.2) is 0 Å². The first-order valence-corrected chi connectivity index (χ1v) is 12.1. The fourth-order valence-electron chi connectivity index (χ4n) is 4.92. The first kappa shape index (κ1) is 31.5. The average Bonchev–Trinajstić information content (AvgIpc) is 2.55. The summed E-state index contributed by atoms with van der Waals surface area (Å²) >= 11 is 0. The van der Waals surface area contributed by atoms with Gasteiger partial charge in [0.1, 0.15) is 6.29 Å². The van der Waals surface area contributed by atoms with Crippen molar-refractivity contribution in [2.24, 2.45) is 28.7 Å². The van der Waals surface area contributed by atoms with E-state index >= 15 is 0 Å². The van der Waals surface area contributed by atoms with E-state index < -0.39 is 11.0 Å². The minimum absolute atomic E-state index is 0.0124. The molecule has 6 N–H and O–H groups in total. The second kappa shape index (κ2) is 13.4. The van der Waals surface area contributed by atoms with Gasteiger partial charge < -0.3 is 31.6 Å². The molecular formula is C25H50N4O4. The van der Waals surface area contributed by atoms with Gasteiger partial charge in [0.25, 0.3) is 0 Å². The molecule has 0 saturated carbocycles. The largest absolute Gasteiger partial charge is 0.378 e. The number of carbonyl (C=O) groups is 3. The number of hydrogen-bond donors (Lipinski definition) is 4. The van der Waals surface area contributed by atoms with Gasteiger partial charge in [-0.1, -0.05) is 20.8 Å². The quantitative estimate of drug-likeness (QED) is 0.256. The van der Waals surface area contributed by atoms with Crippen LogP contribution in [-0.2, 0) is 19.1 Å². The van der Waals surface area contributed by atoms with Crippen LogP contribution >= 0.6 is 0 Å². The van der Waals surface area contributed by atoms with Crippen LogP contribution in [0.15, 0.2) is 0 Å². The predicted octanol–water partition coefficient (Wildman–Crippen LogP) is 2.52. The van der Waals surface area contributed by atoms with Crippen LogP contribution in [0, 0.1) is 17.3 Å². The third kappa shape index (κ3) is 13.7. The van der Waals surface area contributed by atoms with Crippen molar-refractivity contribution in [3.63, 3.8) is 0 Å². The summed E-state index contributed by atoms with van der Waals surface area (Å²) in [5.41, 5.74) is 10.7. The third-order valence-corrected chi connectivity index (χ3v) is 5.79. The van der Waals surface area contributed by atoms with Crippen LogP contribution < -0.4 is 22.1 Å². The lowest BCUT2D eigenvalue weighted by Gasteiger charge is -2.43. The standard InChI is InChI=1S/C25H50N4O4/c1-17(14-18(2)26)21(22(32)28-11-12-30)23(4,5)16-25(8,9)29-20(31)15-19(3)33-13-10-24(6,7)27/h12,17-19,21H,10-11,13-16,26-27H2,1-9H3,(H,28,32)(H,29,31). The number of rotatable bonds is 16. The van der Waals surface area contributed by atoms with E-state index in [1.165, 1.54) is 0 Å². The minimum Gasteiger partial charge on any atom is -0.378 e. The van der Waals surface area contributed by atoms with Crippen LogP contribution in [0.5, 0.6) is 0 Å². The van der Waals surface area contributed by atoms with Gasteiger partial charge in [-0.2, -0.15) is 0 Å². The number of ether oxygens (including phenoxy) is 1. The summed E-state index contributed by atoms with van der Waals surface area (Å²) < 4.78 is 5.75. The average molecular weight is 471 g/mol. The number of nitrogens with two attached hydrogens (primary N) is 2. The molecule has 0 radical (unpaired) electrons. The SMILES string of the molecule is CC(N)CC(C)C(C(=O)NCC=O)C(C)(C)CC(C)(C)NC(=O)CC(C)OCCC(C)(C)N. The summed E-state index contributed by atoms with van der Waals surface area (Å²) in [6.45, 7) is 18.2. The fourth-order valence-corrected chi connectivity index (χ4v) is 4.92. The molecule has 0 heterocycles. The molecule has 8 heteroatoms. The summed E-state index contributed by atoms with van der Waals surface area (Å²) in [6.07, 6.45) is 2.68. The summed E-state index contributed by atoms with van der Waals surface area (Å²) in [5.74, 6) is -0.604. The zero-order valence-corrected chi connectivity index (χ0v) is 22.4. The van der Waals surface area contributed by atoms with Crippen molar-refractivity contribution in [2.45, 2.75) is 111 Å². The maximum Gasteiger partial charge on any atom is 0.224 e. The molecule has 33 heavy (non-hydrogen) atoms. The number of carbonyl (C=O) groups excluding carboxylic acids is 3. The molecule has 0 aliphatic carbocycles. The molecule has 0 saturated heterocycles. The third-order valence-electron chi connectivity index (χ3n) is 5.79. The highest BCUT2D eigenvalue weighted by Gasteiger charge is 2.42. The van der Waals surface area contributed by atoms with E-state index in [2.05, 4.69) is 10.6 Å². The molecule has 0 aromatic rings. The Labute approximate surface area is 201 Å². The Hall–Kier alpha value is -1.51. The summed E-state index contributed by atoms with van der Waals surface area (Å²) in [7, 11) is 0. The van der Waals surface area contributed by atoms with E-state index in [1.807, 2.05) is 62.3 Å². The Morgan fingerprint density at radius 2 is 1.64 bits per heavy atom. The number of hydrogen-bond acceptors (Lipinski definition) is 6. The van der Waals surface area contributed by atoms with Gasteiger partial charge in [0.05, 0.1) is 19.1 Å². The van der Waals surface area contributed by atoms with Crippen molar-refractivity contribution in [2.75, 3.05) is 13.2 Å². The second-order valence-corrected chi connectivity index (χ2v) is 11.8. The van der Waals surface area contributed by atoms with Crippen LogP contribution in [-0.4, -0.2) is 54.5 Å². The fraction of sp³-hybridized carbons (Fsp3) is 0.880.